The normalized spacial score (nSPS) is 11.9. The Morgan fingerprint density at radius 2 is 2.30 bits per heavy atom. The number of H-pyrrole nitrogens is 1. The number of aromatic amines is 1. The van der Waals surface area contributed by atoms with Gasteiger partial charge in [0.2, 0.25) is 5.91 Å². The molecule has 0 fully saturated rings. The maximum Gasteiger partial charge on any atom is 0.261 e. The first-order valence-electron chi connectivity index (χ1n) is 6.29. The molecule has 0 radical (unpaired) electrons. The van der Waals surface area contributed by atoms with E-state index in [4.69, 9.17) is 0 Å². The average Bonchev–Trinajstić information content (AvgIpc) is 3.09. The maximum atomic E-state index is 11.9. The molecule has 1 atom stereocenters. The number of rotatable bonds is 5. The number of hydrogen-bond acceptors (Lipinski definition) is 4. The lowest BCUT2D eigenvalue weighted by molar-refractivity contribution is -0.117. The fourth-order valence-electron chi connectivity index (χ4n) is 1.58. The van der Waals surface area contributed by atoms with Crippen molar-refractivity contribution in [2.45, 2.75) is 26.3 Å². The van der Waals surface area contributed by atoms with E-state index < -0.39 is 6.04 Å². The lowest BCUT2D eigenvalue weighted by Gasteiger charge is -2.12. The van der Waals surface area contributed by atoms with Gasteiger partial charge in [0.15, 0.2) is 5.82 Å². The summed E-state index contributed by atoms with van der Waals surface area (Å²) in [4.78, 5) is 24.3. The summed E-state index contributed by atoms with van der Waals surface area (Å²) in [6, 6.07) is 4.64. The molecule has 2 heterocycles. The van der Waals surface area contributed by atoms with E-state index in [0.29, 0.717) is 10.7 Å². The van der Waals surface area contributed by atoms with Crippen LogP contribution in [0.25, 0.3) is 0 Å². The van der Waals surface area contributed by atoms with Gasteiger partial charge in [-0.15, -0.1) is 11.3 Å². The molecule has 2 aromatic heterocycles. The predicted octanol–water partition coefficient (Wildman–Crippen LogP) is 1.79. The molecular weight excluding hydrogens is 276 g/mol. The van der Waals surface area contributed by atoms with Gasteiger partial charge < -0.3 is 10.6 Å². The van der Waals surface area contributed by atoms with Crippen LogP contribution in [0.2, 0.25) is 0 Å². The second-order valence-electron chi connectivity index (χ2n) is 4.29. The molecular formula is C13H16N4O2S. The number of carbonyl (C=O) groups excluding carboxylic acids is 2. The summed E-state index contributed by atoms with van der Waals surface area (Å²) in [5, 5.41) is 13.9. The third-order valence-corrected chi connectivity index (χ3v) is 3.62. The fourth-order valence-corrected chi connectivity index (χ4v) is 2.21. The smallest absolute Gasteiger partial charge is 0.261 e. The number of amides is 2. The zero-order valence-corrected chi connectivity index (χ0v) is 12.1. The molecule has 3 N–H and O–H groups in total. The van der Waals surface area contributed by atoms with Crippen molar-refractivity contribution in [3.05, 3.63) is 34.2 Å². The lowest BCUT2D eigenvalue weighted by Crippen LogP contribution is -2.41. The van der Waals surface area contributed by atoms with E-state index in [-0.39, 0.29) is 11.8 Å². The summed E-state index contributed by atoms with van der Waals surface area (Å²) >= 11 is 1.33. The van der Waals surface area contributed by atoms with Gasteiger partial charge in [0.1, 0.15) is 6.04 Å². The number of nitrogens with zero attached hydrogens (tertiary/aromatic N) is 1. The van der Waals surface area contributed by atoms with E-state index in [0.717, 1.165) is 12.1 Å². The van der Waals surface area contributed by atoms with Crippen LogP contribution in [0.15, 0.2) is 23.6 Å². The summed E-state index contributed by atoms with van der Waals surface area (Å²) in [6.45, 7) is 3.62. The van der Waals surface area contributed by atoms with Crippen molar-refractivity contribution in [1.82, 2.24) is 15.5 Å². The molecule has 0 aliphatic rings. The van der Waals surface area contributed by atoms with Crippen molar-refractivity contribution in [1.29, 1.82) is 0 Å². The topological polar surface area (TPSA) is 86.9 Å². The lowest BCUT2D eigenvalue weighted by atomic mass is 10.3. The fraction of sp³-hybridized carbons (Fsp3) is 0.308. The van der Waals surface area contributed by atoms with Crippen LogP contribution in [0.5, 0.6) is 0 Å². The summed E-state index contributed by atoms with van der Waals surface area (Å²) in [5.74, 6) is -0.0907. The molecule has 7 heteroatoms. The van der Waals surface area contributed by atoms with Gasteiger partial charge in [-0.25, -0.2) is 0 Å². The second kappa shape index (κ2) is 6.33. The van der Waals surface area contributed by atoms with E-state index >= 15 is 0 Å². The minimum absolute atomic E-state index is 0.251. The number of nitrogens with one attached hydrogen (secondary N) is 3. The molecule has 0 aromatic carbocycles. The van der Waals surface area contributed by atoms with Crippen LogP contribution < -0.4 is 10.6 Å². The largest absolute Gasteiger partial charge is 0.340 e. The Morgan fingerprint density at radius 1 is 1.50 bits per heavy atom. The Labute approximate surface area is 120 Å². The third-order valence-electron chi connectivity index (χ3n) is 2.75. The van der Waals surface area contributed by atoms with Crippen molar-refractivity contribution in [3.8, 4) is 0 Å². The molecule has 6 nitrogen and oxygen atoms in total. The molecule has 0 aliphatic carbocycles. The Bertz CT molecular complexity index is 591. The first kappa shape index (κ1) is 14.3. The van der Waals surface area contributed by atoms with Crippen molar-refractivity contribution >= 4 is 29.0 Å². The average molecular weight is 292 g/mol. The summed E-state index contributed by atoms with van der Waals surface area (Å²) < 4.78 is 0. The van der Waals surface area contributed by atoms with Gasteiger partial charge in [0.25, 0.3) is 5.91 Å². The molecule has 2 amide bonds. The van der Waals surface area contributed by atoms with Gasteiger partial charge in [-0.1, -0.05) is 13.0 Å². The predicted molar refractivity (Wildman–Crippen MR) is 77.8 cm³/mol. The molecule has 0 aliphatic heterocycles. The zero-order valence-electron chi connectivity index (χ0n) is 11.3. The molecule has 2 aromatic rings. The summed E-state index contributed by atoms with van der Waals surface area (Å²) in [6.07, 6.45) is 0.813. The Morgan fingerprint density at radius 3 is 2.90 bits per heavy atom. The minimum Gasteiger partial charge on any atom is -0.340 e. The summed E-state index contributed by atoms with van der Waals surface area (Å²) in [7, 11) is 0. The van der Waals surface area contributed by atoms with Crippen LogP contribution in [0.3, 0.4) is 0 Å². The van der Waals surface area contributed by atoms with Crippen molar-refractivity contribution in [2.24, 2.45) is 0 Å². The number of anilines is 1. The number of aryl methyl sites for hydroxylation is 1. The first-order valence-corrected chi connectivity index (χ1v) is 7.17. The van der Waals surface area contributed by atoms with E-state index in [1.165, 1.54) is 11.3 Å². The Hall–Kier alpha value is -2.15. The quantitative estimate of drug-likeness (QED) is 0.785. The summed E-state index contributed by atoms with van der Waals surface area (Å²) in [5.41, 5.74) is 0.940. The molecule has 0 saturated carbocycles. The number of aromatic nitrogens is 2. The highest BCUT2D eigenvalue weighted by atomic mass is 32.1. The van der Waals surface area contributed by atoms with Crippen molar-refractivity contribution in [3.63, 3.8) is 0 Å². The standard InChI is InChI=1S/C13H16N4O2S/c1-3-9-7-11(17-16-9)15-12(18)8(2)14-13(19)10-5-4-6-20-10/h4-8H,3H2,1-2H3,(H,14,19)(H2,15,16,17,18). The van der Waals surface area contributed by atoms with Gasteiger partial charge in [-0.05, 0) is 24.8 Å². The SMILES string of the molecule is CCc1cc(NC(=O)C(C)NC(=O)c2cccs2)n[nH]1. The Kier molecular flexibility index (Phi) is 4.52. The van der Waals surface area contributed by atoms with Crippen molar-refractivity contribution < 1.29 is 9.59 Å². The highest BCUT2D eigenvalue weighted by Crippen LogP contribution is 2.09. The van der Waals surface area contributed by atoms with Crippen LogP contribution >= 0.6 is 11.3 Å². The molecule has 2 rings (SSSR count). The highest BCUT2D eigenvalue weighted by Gasteiger charge is 2.17. The molecule has 20 heavy (non-hydrogen) atoms. The van der Waals surface area contributed by atoms with Gasteiger partial charge in [-0.3, -0.25) is 14.7 Å². The molecule has 0 bridgehead atoms. The van der Waals surface area contributed by atoms with Gasteiger partial charge in [0.05, 0.1) is 4.88 Å². The number of hydrogen-bond donors (Lipinski definition) is 3. The van der Waals surface area contributed by atoms with Crippen molar-refractivity contribution in [2.75, 3.05) is 5.32 Å². The first-order chi connectivity index (χ1) is 9.60. The van der Waals surface area contributed by atoms with E-state index in [1.54, 1.807) is 25.1 Å². The van der Waals surface area contributed by atoms with Gasteiger partial charge in [0, 0.05) is 11.8 Å². The van der Waals surface area contributed by atoms with E-state index in [9.17, 15) is 9.59 Å². The Balaban J connectivity index is 1.90. The molecule has 0 spiro atoms. The maximum absolute atomic E-state index is 11.9. The van der Waals surface area contributed by atoms with Crippen LogP contribution in [-0.4, -0.2) is 28.1 Å². The molecule has 1 unspecified atom stereocenters. The van der Waals surface area contributed by atoms with Crippen LogP contribution in [-0.2, 0) is 11.2 Å². The van der Waals surface area contributed by atoms with Gasteiger partial charge >= 0.3 is 0 Å². The third kappa shape index (κ3) is 3.45. The van der Waals surface area contributed by atoms with E-state index in [1.807, 2.05) is 12.3 Å². The monoisotopic (exact) mass is 292 g/mol. The molecule has 106 valence electrons. The second-order valence-corrected chi connectivity index (χ2v) is 5.24. The number of carbonyl (C=O) groups is 2. The zero-order chi connectivity index (χ0) is 14.5. The molecule has 0 saturated heterocycles. The number of thiophene rings is 1. The van der Waals surface area contributed by atoms with Crippen LogP contribution in [0.4, 0.5) is 5.82 Å². The highest BCUT2D eigenvalue weighted by molar-refractivity contribution is 7.12. The van der Waals surface area contributed by atoms with Gasteiger partial charge in [-0.2, -0.15) is 5.10 Å². The van der Waals surface area contributed by atoms with Crippen LogP contribution in [0.1, 0.15) is 29.2 Å². The van der Waals surface area contributed by atoms with Crippen LogP contribution in [0, 0.1) is 0 Å². The minimum atomic E-state index is -0.633. The van der Waals surface area contributed by atoms with E-state index in [2.05, 4.69) is 20.8 Å².